The predicted octanol–water partition coefficient (Wildman–Crippen LogP) is 1.80. The van der Waals surface area contributed by atoms with Crippen LogP contribution in [0.5, 0.6) is 0 Å². The van der Waals surface area contributed by atoms with Crippen LogP contribution in [0.25, 0.3) is 0 Å². The van der Waals surface area contributed by atoms with Gasteiger partial charge in [-0.15, -0.1) is 0 Å². The Labute approximate surface area is 125 Å². The number of halogens is 1. The Hall–Kier alpha value is -1.46. The van der Waals surface area contributed by atoms with E-state index < -0.39 is 0 Å². The Morgan fingerprint density at radius 3 is 2.81 bits per heavy atom. The van der Waals surface area contributed by atoms with Crippen molar-refractivity contribution in [2.24, 2.45) is 5.92 Å². The van der Waals surface area contributed by atoms with Gasteiger partial charge < -0.3 is 10.1 Å². The summed E-state index contributed by atoms with van der Waals surface area (Å²) < 4.78 is 18.3. The van der Waals surface area contributed by atoms with E-state index in [1.165, 1.54) is 12.1 Å². The monoisotopic (exact) mass is 294 g/mol. The number of nitrogens with one attached hydrogen (secondary N) is 1. The highest BCUT2D eigenvalue weighted by Gasteiger charge is 2.29. The van der Waals surface area contributed by atoms with E-state index in [0.29, 0.717) is 25.7 Å². The van der Waals surface area contributed by atoms with Gasteiger partial charge in [-0.05, 0) is 23.6 Å². The summed E-state index contributed by atoms with van der Waals surface area (Å²) in [7, 11) is 0. The zero-order valence-electron chi connectivity index (χ0n) is 12.6. The van der Waals surface area contributed by atoms with E-state index in [4.69, 9.17) is 4.74 Å². The Morgan fingerprint density at radius 2 is 2.14 bits per heavy atom. The van der Waals surface area contributed by atoms with Crippen LogP contribution in [-0.2, 0) is 16.1 Å². The fourth-order valence-electron chi connectivity index (χ4n) is 2.48. The summed E-state index contributed by atoms with van der Waals surface area (Å²) in [4.78, 5) is 14.5. The van der Waals surface area contributed by atoms with Gasteiger partial charge in [0.25, 0.3) is 0 Å². The van der Waals surface area contributed by atoms with Gasteiger partial charge >= 0.3 is 0 Å². The topological polar surface area (TPSA) is 41.6 Å². The number of rotatable bonds is 5. The van der Waals surface area contributed by atoms with Gasteiger partial charge in [0.05, 0.1) is 13.2 Å². The normalized spacial score (nSPS) is 19.7. The van der Waals surface area contributed by atoms with Gasteiger partial charge in [0.15, 0.2) is 0 Å². The first-order valence-electron chi connectivity index (χ1n) is 7.40. The number of carbonyl (C=O) groups is 1. The first-order chi connectivity index (χ1) is 10.1. The van der Waals surface area contributed by atoms with Crippen LogP contribution < -0.4 is 5.32 Å². The highest BCUT2D eigenvalue weighted by atomic mass is 19.1. The number of benzene rings is 1. The van der Waals surface area contributed by atoms with Crippen molar-refractivity contribution in [2.45, 2.75) is 26.4 Å². The lowest BCUT2D eigenvalue weighted by Crippen LogP contribution is -2.54. The predicted molar refractivity (Wildman–Crippen MR) is 79.3 cm³/mol. The SMILES string of the molecule is CC(C)CN1CCOC[C@@H]1C(=O)NCc1ccc(F)cc1. The molecule has 1 amide bonds. The maximum absolute atomic E-state index is 12.8. The summed E-state index contributed by atoms with van der Waals surface area (Å²) in [5, 5.41) is 2.91. The average Bonchev–Trinajstić information content (AvgIpc) is 2.46. The van der Waals surface area contributed by atoms with E-state index in [1.807, 2.05) is 0 Å². The molecule has 0 saturated carbocycles. The van der Waals surface area contributed by atoms with Crippen molar-refractivity contribution in [1.82, 2.24) is 10.2 Å². The van der Waals surface area contributed by atoms with Crippen LogP contribution in [0.15, 0.2) is 24.3 Å². The number of ether oxygens (including phenoxy) is 1. The van der Waals surface area contributed by atoms with E-state index in [-0.39, 0.29) is 17.8 Å². The van der Waals surface area contributed by atoms with Crippen molar-refractivity contribution in [1.29, 1.82) is 0 Å². The van der Waals surface area contributed by atoms with Gasteiger partial charge in [-0.25, -0.2) is 4.39 Å². The maximum Gasteiger partial charge on any atom is 0.240 e. The lowest BCUT2D eigenvalue weighted by atomic mass is 10.1. The molecule has 4 nitrogen and oxygen atoms in total. The van der Waals surface area contributed by atoms with Gasteiger partial charge in [0.2, 0.25) is 5.91 Å². The second kappa shape index (κ2) is 7.52. The fourth-order valence-corrected chi connectivity index (χ4v) is 2.48. The summed E-state index contributed by atoms with van der Waals surface area (Å²) >= 11 is 0. The minimum Gasteiger partial charge on any atom is -0.378 e. The lowest BCUT2D eigenvalue weighted by Gasteiger charge is -2.35. The highest BCUT2D eigenvalue weighted by Crippen LogP contribution is 2.11. The third kappa shape index (κ3) is 4.79. The summed E-state index contributed by atoms with van der Waals surface area (Å²) in [6.45, 7) is 7.47. The molecule has 116 valence electrons. The molecule has 2 rings (SSSR count). The van der Waals surface area contributed by atoms with Crippen molar-refractivity contribution in [2.75, 3.05) is 26.3 Å². The highest BCUT2D eigenvalue weighted by molar-refractivity contribution is 5.82. The number of hydrogen-bond acceptors (Lipinski definition) is 3. The molecule has 1 heterocycles. The van der Waals surface area contributed by atoms with E-state index in [9.17, 15) is 9.18 Å². The van der Waals surface area contributed by atoms with Crippen LogP contribution in [-0.4, -0.2) is 43.2 Å². The zero-order valence-corrected chi connectivity index (χ0v) is 12.6. The maximum atomic E-state index is 12.8. The van der Waals surface area contributed by atoms with Gasteiger partial charge in [-0.1, -0.05) is 26.0 Å². The molecule has 5 heteroatoms. The van der Waals surface area contributed by atoms with Crippen LogP contribution in [0.1, 0.15) is 19.4 Å². The molecule has 0 radical (unpaired) electrons. The molecule has 1 atom stereocenters. The summed E-state index contributed by atoms with van der Waals surface area (Å²) in [6.07, 6.45) is 0. The first kappa shape index (κ1) is 15.9. The van der Waals surface area contributed by atoms with Crippen molar-refractivity contribution in [3.8, 4) is 0 Å². The fraction of sp³-hybridized carbons (Fsp3) is 0.562. The smallest absolute Gasteiger partial charge is 0.240 e. The number of carbonyl (C=O) groups excluding carboxylic acids is 1. The van der Waals surface area contributed by atoms with Crippen LogP contribution in [0.3, 0.4) is 0 Å². The third-order valence-corrected chi connectivity index (χ3v) is 3.52. The Balaban J connectivity index is 1.89. The largest absolute Gasteiger partial charge is 0.378 e. The second-order valence-electron chi connectivity index (χ2n) is 5.82. The molecule has 1 aromatic carbocycles. The molecule has 1 saturated heterocycles. The molecule has 1 N–H and O–H groups in total. The van der Waals surface area contributed by atoms with Gasteiger partial charge in [0, 0.05) is 19.6 Å². The van der Waals surface area contributed by atoms with Crippen molar-refractivity contribution >= 4 is 5.91 Å². The number of morpholine rings is 1. The molecular formula is C16H23FN2O2. The number of hydrogen-bond donors (Lipinski definition) is 1. The molecule has 0 unspecified atom stereocenters. The Bertz CT molecular complexity index is 462. The zero-order chi connectivity index (χ0) is 15.2. The molecule has 0 bridgehead atoms. The third-order valence-electron chi connectivity index (χ3n) is 3.52. The van der Waals surface area contributed by atoms with E-state index in [0.717, 1.165) is 18.7 Å². The molecule has 0 aromatic heterocycles. The van der Waals surface area contributed by atoms with E-state index in [1.54, 1.807) is 12.1 Å². The minimum absolute atomic E-state index is 0.0281. The van der Waals surface area contributed by atoms with Gasteiger partial charge in [-0.3, -0.25) is 9.69 Å². The molecule has 1 aliphatic rings. The summed E-state index contributed by atoms with van der Waals surface area (Å²) in [6, 6.07) is 5.92. The molecule has 1 aliphatic heterocycles. The molecule has 1 aromatic rings. The van der Waals surface area contributed by atoms with Crippen molar-refractivity contribution < 1.29 is 13.9 Å². The van der Waals surface area contributed by atoms with Gasteiger partial charge in [0.1, 0.15) is 11.9 Å². The first-order valence-corrected chi connectivity index (χ1v) is 7.40. The summed E-state index contributed by atoms with van der Waals surface area (Å²) in [5.74, 6) is 0.212. The van der Waals surface area contributed by atoms with Crippen LogP contribution in [0, 0.1) is 11.7 Å². The second-order valence-corrected chi connectivity index (χ2v) is 5.82. The number of amides is 1. The summed E-state index contributed by atoms with van der Waals surface area (Å²) in [5.41, 5.74) is 0.886. The molecule has 0 aliphatic carbocycles. The van der Waals surface area contributed by atoms with E-state index in [2.05, 4.69) is 24.1 Å². The quantitative estimate of drug-likeness (QED) is 0.900. The van der Waals surface area contributed by atoms with E-state index >= 15 is 0 Å². The van der Waals surface area contributed by atoms with Crippen LogP contribution >= 0.6 is 0 Å². The molecular weight excluding hydrogens is 271 g/mol. The lowest BCUT2D eigenvalue weighted by molar-refractivity contribution is -0.133. The van der Waals surface area contributed by atoms with Crippen molar-refractivity contribution in [3.63, 3.8) is 0 Å². The standard InChI is InChI=1S/C16H23FN2O2/c1-12(2)10-19-7-8-21-11-15(19)16(20)18-9-13-3-5-14(17)6-4-13/h3-6,12,15H,7-11H2,1-2H3,(H,18,20)/t15-/m1/s1. The van der Waals surface area contributed by atoms with Crippen molar-refractivity contribution in [3.05, 3.63) is 35.6 Å². The Morgan fingerprint density at radius 1 is 1.43 bits per heavy atom. The van der Waals surface area contributed by atoms with Crippen LogP contribution in [0.4, 0.5) is 4.39 Å². The van der Waals surface area contributed by atoms with Crippen LogP contribution in [0.2, 0.25) is 0 Å². The minimum atomic E-state index is -0.270. The van der Waals surface area contributed by atoms with Gasteiger partial charge in [-0.2, -0.15) is 0 Å². The molecule has 0 spiro atoms. The number of nitrogens with zero attached hydrogens (tertiary/aromatic N) is 1. The molecule has 1 fully saturated rings. The molecule has 21 heavy (non-hydrogen) atoms. The Kier molecular flexibility index (Phi) is 5.70. The average molecular weight is 294 g/mol.